The van der Waals surface area contributed by atoms with E-state index in [0.29, 0.717) is 44.9 Å². The Kier molecular flexibility index (Phi) is 11.6. The molecule has 1 saturated heterocycles. The predicted octanol–water partition coefficient (Wildman–Crippen LogP) is 7.00. The summed E-state index contributed by atoms with van der Waals surface area (Å²) in [7, 11) is 0. The Bertz CT molecular complexity index is 1610. The van der Waals surface area contributed by atoms with Crippen LogP contribution < -0.4 is 4.74 Å². The summed E-state index contributed by atoms with van der Waals surface area (Å²) in [6.07, 6.45) is 0.669. The Balaban J connectivity index is 1.28. The van der Waals surface area contributed by atoms with E-state index in [4.69, 9.17) is 19.4 Å². The Morgan fingerprint density at radius 2 is 1.59 bits per heavy atom. The van der Waals surface area contributed by atoms with Gasteiger partial charge in [-0.25, -0.2) is 4.79 Å². The summed E-state index contributed by atoms with van der Waals surface area (Å²) >= 11 is 0. The summed E-state index contributed by atoms with van der Waals surface area (Å²) in [6.45, 7) is 2.31. The third kappa shape index (κ3) is 9.31. The van der Waals surface area contributed by atoms with Crippen LogP contribution in [0.4, 0.5) is 4.79 Å². The molecular formula is C37H40N2O7. The zero-order chi connectivity index (χ0) is 32.1. The molecule has 4 aromatic carbocycles. The van der Waals surface area contributed by atoms with E-state index in [-0.39, 0.29) is 31.4 Å². The molecule has 2 N–H and O–H groups in total. The van der Waals surface area contributed by atoms with Gasteiger partial charge in [-0.05, 0) is 51.9 Å². The van der Waals surface area contributed by atoms with E-state index in [1.807, 2.05) is 72.8 Å². The number of rotatable bonds is 15. The number of carboxylic acids is 1. The Hall–Kier alpha value is -4.89. The molecule has 1 heterocycles. The van der Waals surface area contributed by atoms with Gasteiger partial charge in [0, 0.05) is 31.8 Å². The van der Waals surface area contributed by atoms with E-state index >= 15 is 0 Å². The number of aliphatic carboxylic acids is 1. The molecule has 5 rings (SSSR count). The maximum Gasteiger partial charge on any atom is 0.407 e. The minimum absolute atomic E-state index is 0.0154. The normalized spacial score (nSPS) is 16.7. The fourth-order valence-electron chi connectivity index (χ4n) is 5.84. The van der Waals surface area contributed by atoms with Crippen LogP contribution in [0.1, 0.15) is 41.9 Å². The van der Waals surface area contributed by atoms with E-state index in [2.05, 4.69) is 29.4 Å². The van der Waals surface area contributed by atoms with E-state index < -0.39 is 12.1 Å². The molecule has 1 aliphatic rings. The van der Waals surface area contributed by atoms with Crippen LogP contribution in [0.25, 0.3) is 10.8 Å². The molecule has 46 heavy (non-hydrogen) atoms. The van der Waals surface area contributed by atoms with Crippen molar-refractivity contribution in [3.8, 4) is 5.75 Å². The number of carboxylic acid groups (broad SMARTS) is 2. The maximum absolute atomic E-state index is 12.1. The lowest BCUT2D eigenvalue weighted by atomic mass is 9.76. The Morgan fingerprint density at radius 1 is 0.826 bits per heavy atom. The van der Waals surface area contributed by atoms with Crippen molar-refractivity contribution in [2.75, 3.05) is 32.9 Å². The van der Waals surface area contributed by atoms with Crippen LogP contribution in [-0.4, -0.2) is 65.8 Å². The van der Waals surface area contributed by atoms with Crippen LogP contribution in [-0.2, 0) is 27.4 Å². The molecule has 0 aromatic heterocycles. The first kappa shape index (κ1) is 32.5. The van der Waals surface area contributed by atoms with Crippen molar-refractivity contribution >= 4 is 28.5 Å². The minimum Gasteiger partial charge on any atom is -0.494 e. The number of oxime groups is 1. The molecule has 0 saturated carbocycles. The molecule has 1 aliphatic heterocycles. The number of hydrogen-bond donors (Lipinski definition) is 2. The van der Waals surface area contributed by atoms with Gasteiger partial charge in [0.25, 0.3) is 0 Å². The van der Waals surface area contributed by atoms with Gasteiger partial charge in [0.2, 0.25) is 0 Å². The van der Waals surface area contributed by atoms with Gasteiger partial charge in [-0.1, -0.05) is 90.1 Å². The molecule has 1 fully saturated rings. The summed E-state index contributed by atoms with van der Waals surface area (Å²) in [5.41, 5.74) is 3.91. The Labute approximate surface area is 269 Å². The fourth-order valence-corrected chi connectivity index (χ4v) is 5.84. The summed E-state index contributed by atoms with van der Waals surface area (Å²) in [6, 6.07) is 32.3. The van der Waals surface area contributed by atoms with Crippen molar-refractivity contribution in [1.29, 1.82) is 0 Å². The van der Waals surface area contributed by atoms with Crippen molar-refractivity contribution in [2.45, 2.75) is 38.2 Å². The first-order chi connectivity index (χ1) is 22.5. The number of likely N-dealkylation sites (tertiary alicyclic amines) is 1. The van der Waals surface area contributed by atoms with Gasteiger partial charge >= 0.3 is 12.1 Å². The SMILES string of the molecule is O=C(O)CCO/N=C(\Cc1ccc2ccccc2c1)C1CN(C(=O)O)CCC1c1ccc(OCCCOCc2ccccc2)cc1. The fraction of sp³-hybridized carbons (Fsp3) is 0.324. The van der Waals surface area contributed by atoms with Crippen molar-refractivity contribution in [2.24, 2.45) is 11.1 Å². The number of fused-ring (bicyclic) bond motifs is 1. The standard InChI is InChI=1S/C37H40N2O7/c40-36(41)18-22-46-38-35(24-28-11-12-29-9-4-5-10-31(29)23-28)34-25-39(37(42)43)19-17-33(34)30-13-15-32(16-14-30)45-21-6-20-44-26-27-7-2-1-3-8-27/h1-5,7-16,23,33-34H,6,17-22,24-26H2,(H,40,41)(H,42,43)/b38-35+. The van der Waals surface area contributed by atoms with Crippen LogP contribution in [0.3, 0.4) is 0 Å². The highest BCUT2D eigenvalue weighted by molar-refractivity contribution is 5.91. The number of hydrogen-bond acceptors (Lipinski definition) is 6. The third-order valence-electron chi connectivity index (χ3n) is 8.22. The molecule has 4 aromatic rings. The number of benzene rings is 4. The maximum atomic E-state index is 12.1. The quantitative estimate of drug-likeness (QED) is 0.0831. The zero-order valence-corrected chi connectivity index (χ0v) is 25.8. The van der Waals surface area contributed by atoms with Gasteiger partial charge in [-0.2, -0.15) is 0 Å². The number of nitrogens with zero attached hydrogens (tertiary/aromatic N) is 2. The van der Waals surface area contributed by atoms with Crippen LogP contribution in [0.2, 0.25) is 0 Å². The van der Waals surface area contributed by atoms with Gasteiger partial charge in [0.05, 0.1) is 32.0 Å². The lowest BCUT2D eigenvalue weighted by molar-refractivity contribution is -0.138. The van der Waals surface area contributed by atoms with E-state index in [1.54, 1.807) is 0 Å². The number of amides is 1. The predicted molar refractivity (Wildman–Crippen MR) is 176 cm³/mol. The van der Waals surface area contributed by atoms with Gasteiger partial charge in [0.15, 0.2) is 0 Å². The largest absolute Gasteiger partial charge is 0.494 e. The third-order valence-corrected chi connectivity index (χ3v) is 8.22. The summed E-state index contributed by atoms with van der Waals surface area (Å²) in [5, 5.41) is 25.6. The number of piperidine rings is 1. The molecule has 1 amide bonds. The molecule has 2 atom stereocenters. The highest BCUT2D eigenvalue weighted by Crippen LogP contribution is 2.36. The van der Waals surface area contributed by atoms with Crippen molar-refractivity contribution < 1.29 is 34.1 Å². The highest BCUT2D eigenvalue weighted by Gasteiger charge is 2.36. The highest BCUT2D eigenvalue weighted by atomic mass is 16.6. The molecule has 0 bridgehead atoms. The van der Waals surface area contributed by atoms with Gasteiger partial charge in [0.1, 0.15) is 12.4 Å². The summed E-state index contributed by atoms with van der Waals surface area (Å²) in [4.78, 5) is 30.1. The second-order valence-corrected chi connectivity index (χ2v) is 11.5. The number of ether oxygens (including phenoxy) is 2. The molecule has 0 aliphatic carbocycles. The lowest BCUT2D eigenvalue weighted by Crippen LogP contribution is -2.45. The van der Waals surface area contributed by atoms with Crippen molar-refractivity contribution in [1.82, 2.24) is 4.90 Å². The van der Waals surface area contributed by atoms with Crippen LogP contribution >= 0.6 is 0 Å². The molecule has 2 unspecified atom stereocenters. The topological polar surface area (TPSA) is 118 Å². The second-order valence-electron chi connectivity index (χ2n) is 11.5. The van der Waals surface area contributed by atoms with E-state index in [9.17, 15) is 14.7 Å². The first-order valence-electron chi connectivity index (χ1n) is 15.7. The number of carbonyl (C=O) groups is 2. The summed E-state index contributed by atoms with van der Waals surface area (Å²) in [5.74, 6) is -0.498. The zero-order valence-electron chi connectivity index (χ0n) is 25.8. The Morgan fingerprint density at radius 3 is 2.35 bits per heavy atom. The molecule has 9 heteroatoms. The molecule has 240 valence electrons. The lowest BCUT2D eigenvalue weighted by Gasteiger charge is -2.38. The second kappa shape index (κ2) is 16.4. The summed E-state index contributed by atoms with van der Waals surface area (Å²) < 4.78 is 11.7. The first-order valence-corrected chi connectivity index (χ1v) is 15.7. The van der Waals surface area contributed by atoms with Crippen molar-refractivity contribution in [3.63, 3.8) is 0 Å². The van der Waals surface area contributed by atoms with Crippen LogP contribution in [0, 0.1) is 5.92 Å². The van der Waals surface area contributed by atoms with Gasteiger partial charge < -0.3 is 29.4 Å². The average Bonchev–Trinajstić information content (AvgIpc) is 3.08. The van der Waals surface area contributed by atoms with E-state index in [1.165, 1.54) is 4.90 Å². The molecule has 0 spiro atoms. The molecule has 0 radical (unpaired) electrons. The van der Waals surface area contributed by atoms with Gasteiger partial charge in [-0.15, -0.1) is 0 Å². The monoisotopic (exact) mass is 624 g/mol. The van der Waals surface area contributed by atoms with Gasteiger partial charge in [-0.3, -0.25) is 4.79 Å². The van der Waals surface area contributed by atoms with E-state index in [0.717, 1.165) is 39.6 Å². The van der Waals surface area contributed by atoms with Crippen LogP contribution in [0.15, 0.2) is 102 Å². The molecule has 9 nitrogen and oxygen atoms in total. The van der Waals surface area contributed by atoms with Crippen LogP contribution in [0.5, 0.6) is 5.75 Å². The molecular weight excluding hydrogens is 584 g/mol. The smallest absolute Gasteiger partial charge is 0.407 e. The minimum atomic E-state index is -0.975. The van der Waals surface area contributed by atoms with Crippen molar-refractivity contribution in [3.05, 3.63) is 114 Å². The average molecular weight is 625 g/mol.